The fourth-order valence-electron chi connectivity index (χ4n) is 2.76. The Labute approximate surface area is 161 Å². The number of nitrogens with zero attached hydrogens (tertiary/aromatic N) is 2. The van der Waals surface area contributed by atoms with Crippen LogP contribution in [-0.2, 0) is 25.6 Å². The number of aliphatic carboxylic acids is 1. The van der Waals surface area contributed by atoms with Gasteiger partial charge in [0.2, 0.25) is 5.91 Å². The first-order valence-electron chi connectivity index (χ1n) is 7.66. The van der Waals surface area contributed by atoms with Crippen molar-refractivity contribution in [2.45, 2.75) is 17.8 Å². The van der Waals surface area contributed by atoms with Crippen molar-refractivity contribution in [2.24, 2.45) is 16.5 Å². The number of aliphatic imine (C=N–C) groups is 1. The summed E-state index contributed by atoms with van der Waals surface area (Å²) in [4.78, 5) is 53.4. The SMILES string of the molecule is NC(N)=NC(=O)C1=C(C(=O)O)N2C(=O)C(NC(=O)Cc3cccs3)[C@H]2SC1. The number of nitrogens with two attached hydrogens (primary N) is 2. The third-order valence-electron chi connectivity index (χ3n) is 3.89. The Bertz CT molecular complexity index is 875. The normalized spacial score (nSPS) is 21.2. The molecular weight excluding hydrogens is 394 g/mol. The smallest absolute Gasteiger partial charge is 0.353 e. The second-order valence-electron chi connectivity index (χ2n) is 5.69. The Balaban J connectivity index is 1.77. The quantitative estimate of drug-likeness (QED) is 0.268. The highest BCUT2D eigenvalue weighted by atomic mass is 32.2. The summed E-state index contributed by atoms with van der Waals surface area (Å²) >= 11 is 2.58. The van der Waals surface area contributed by atoms with Gasteiger partial charge >= 0.3 is 5.97 Å². The van der Waals surface area contributed by atoms with Gasteiger partial charge in [0.1, 0.15) is 17.1 Å². The lowest BCUT2D eigenvalue weighted by Gasteiger charge is -2.49. The van der Waals surface area contributed by atoms with Crippen LogP contribution in [0.25, 0.3) is 0 Å². The van der Waals surface area contributed by atoms with Gasteiger partial charge in [0, 0.05) is 10.6 Å². The maximum Gasteiger partial charge on any atom is 0.353 e. The van der Waals surface area contributed by atoms with Crippen LogP contribution in [0.15, 0.2) is 33.8 Å². The van der Waals surface area contributed by atoms with Gasteiger partial charge in [-0.05, 0) is 11.4 Å². The number of thioether (sulfide) groups is 1. The fraction of sp³-hybridized carbons (Fsp3) is 0.267. The molecule has 1 unspecified atom stereocenters. The number of amides is 3. The highest BCUT2D eigenvalue weighted by Crippen LogP contribution is 2.40. The Morgan fingerprint density at radius 1 is 1.37 bits per heavy atom. The Hall–Kier alpha value is -2.86. The van der Waals surface area contributed by atoms with E-state index >= 15 is 0 Å². The number of carboxylic acid groups (broad SMARTS) is 1. The first-order chi connectivity index (χ1) is 12.8. The minimum absolute atomic E-state index is 0.00296. The molecule has 27 heavy (non-hydrogen) atoms. The molecule has 2 atom stereocenters. The number of hydrogen-bond donors (Lipinski definition) is 4. The summed E-state index contributed by atoms with van der Waals surface area (Å²) in [6.07, 6.45) is 0.134. The van der Waals surface area contributed by atoms with E-state index in [1.54, 1.807) is 6.07 Å². The molecule has 1 aromatic rings. The molecule has 0 saturated carbocycles. The van der Waals surface area contributed by atoms with E-state index < -0.39 is 40.9 Å². The van der Waals surface area contributed by atoms with Crippen molar-refractivity contribution in [1.82, 2.24) is 10.2 Å². The van der Waals surface area contributed by atoms with Gasteiger partial charge in [-0.2, -0.15) is 4.99 Å². The zero-order chi connectivity index (χ0) is 19.7. The van der Waals surface area contributed by atoms with Crippen LogP contribution in [0.2, 0.25) is 0 Å². The van der Waals surface area contributed by atoms with Crippen LogP contribution in [0.1, 0.15) is 4.88 Å². The zero-order valence-electron chi connectivity index (χ0n) is 13.7. The molecule has 0 aromatic carbocycles. The Morgan fingerprint density at radius 3 is 2.70 bits per heavy atom. The third-order valence-corrected chi connectivity index (χ3v) is 6.05. The molecule has 0 bridgehead atoms. The van der Waals surface area contributed by atoms with Gasteiger partial charge in [-0.1, -0.05) is 6.07 Å². The average molecular weight is 409 g/mol. The van der Waals surface area contributed by atoms with E-state index in [0.717, 1.165) is 21.5 Å². The van der Waals surface area contributed by atoms with Crippen molar-refractivity contribution < 1.29 is 24.3 Å². The molecule has 0 aliphatic carbocycles. The summed E-state index contributed by atoms with van der Waals surface area (Å²) in [5.41, 5.74) is 9.69. The van der Waals surface area contributed by atoms with Crippen molar-refractivity contribution in [3.8, 4) is 0 Å². The summed E-state index contributed by atoms with van der Waals surface area (Å²) in [5.74, 6) is -3.78. The van der Waals surface area contributed by atoms with Gasteiger partial charge in [-0.3, -0.25) is 19.3 Å². The predicted molar refractivity (Wildman–Crippen MR) is 98.5 cm³/mol. The van der Waals surface area contributed by atoms with Crippen molar-refractivity contribution in [2.75, 3.05) is 5.75 Å². The van der Waals surface area contributed by atoms with E-state index in [0.29, 0.717) is 0 Å². The lowest BCUT2D eigenvalue weighted by Crippen LogP contribution is -2.70. The number of carbonyl (C=O) groups is 4. The first kappa shape index (κ1) is 18.9. The maximum absolute atomic E-state index is 12.4. The van der Waals surface area contributed by atoms with Gasteiger partial charge in [0.05, 0.1) is 12.0 Å². The third kappa shape index (κ3) is 3.66. The van der Waals surface area contributed by atoms with E-state index in [1.807, 2.05) is 11.4 Å². The topological polar surface area (TPSA) is 168 Å². The number of carbonyl (C=O) groups excluding carboxylic acids is 3. The molecule has 3 heterocycles. The highest BCUT2D eigenvalue weighted by Gasteiger charge is 2.54. The number of hydrogen-bond acceptors (Lipinski definition) is 6. The molecule has 1 aromatic heterocycles. The Morgan fingerprint density at radius 2 is 2.11 bits per heavy atom. The summed E-state index contributed by atoms with van der Waals surface area (Å²) in [6.45, 7) is 0. The fourth-order valence-corrected chi connectivity index (χ4v) is 4.80. The Kier molecular flexibility index (Phi) is 5.19. The van der Waals surface area contributed by atoms with Gasteiger partial charge in [0.15, 0.2) is 5.96 Å². The number of thiophene rings is 1. The van der Waals surface area contributed by atoms with Crippen LogP contribution < -0.4 is 16.8 Å². The summed E-state index contributed by atoms with van der Waals surface area (Å²) in [5, 5.41) is 13.3. The molecule has 1 fully saturated rings. The first-order valence-corrected chi connectivity index (χ1v) is 9.59. The van der Waals surface area contributed by atoms with E-state index in [2.05, 4.69) is 10.3 Å². The van der Waals surface area contributed by atoms with E-state index in [1.165, 1.54) is 11.3 Å². The summed E-state index contributed by atoms with van der Waals surface area (Å²) < 4.78 is 0. The number of β-lactam (4-membered cyclic amide) rings is 1. The number of rotatable bonds is 5. The van der Waals surface area contributed by atoms with Gasteiger partial charge in [-0.25, -0.2) is 4.79 Å². The molecule has 12 heteroatoms. The van der Waals surface area contributed by atoms with Crippen molar-refractivity contribution in [3.63, 3.8) is 0 Å². The van der Waals surface area contributed by atoms with Gasteiger partial charge in [0.25, 0.3) is 11.8 Å². The summed E-state index contributed by atoms with van der Waals surface area (Å²) in [7, 11) is 0. The second kappa shape index (κ2) is 7.40. The van der Waals surface area contributed by atoms with Crippen molar-refractivity contribution in [1.29, 1.82) is 0 Å². The lowest BCUT2D eigenvalue weighted by molar-refractivity contribution is -0.150. The molecule has 0 spiro atoms. The summed E-state index contributed by atoms with van der Waals surface area (Å²) in [6, 6.07) is 2.78. The molecule has 142 valence electrons. The number of guanidine groups is 1. The predicted octanol–water partition coefficient (Wildman–Crippen LogP) is -1.17. The minimum atomic E-state index is -1.44. The molecular formula is C15H15N5O5S2. The largest absolute Gasteiger partial charge is 0.477 e. The second-order valence-corrected chi connectivity index (χ2v) is 7.82. The molecule has 3 amide bonds. The molecule has 1 saturated heterocycles. The number of fused-ring (bicyclic) bond motifs is 1. The van der Waals surface area contributed by atoms with Crippen molar-refractivity contribution in [3.05, 3.63) is 33.7 Å². The average Bonchev–Trinajstić information content (AvgIpc) is 3.10. The van der Waals surface area contributed by atoms with Crippen molar-refractivity contribution >= 4 is 52.7 Å². The van der Waals surface area contributed by atoms with E-state index in [9.17, 15) is 24.3 Å². The lowest BCUT2D eigenvalue weighted by atomic mass is 10.0. The maximum atomic E-state index is 12.4. The van der Waals surface area contributed by atoms with Crippen LogP contribution in [0.3, 0.4) is 0 Å². The van der Waals surface area contributed by atoms with Crippen LogP contribution in [0, 0.1) is 0 Å². The van der Waals surface area contributed by atoms with Crippen LogP contribution in [0.4, 0.5) is 0 Å². The van der Waals surface area contributed by atoms with Crippen LogP contribution in [-0.4, -0.2) is 56.8 Å². The number of nitrogens with one attached hydrogen (secondary N) is 1. The molecule has 6 N–H and O–H groups in total. The molecule has 2 aliphatic heterocycles. The zero-order valence-corrected chi connectivity index (χ0v) is 15.4. The molecule has 0 radical (unpaired) electrons. The minimum Gasteiger partial charge on any atom is -0.477 e. The van der Waals surface area contributed by atoms with E-state index in [-0.39, 0.29) is 23.7 Å². The highest BCUT2D eigenvalue weighted by molar-refractivity contribution is 8.00. The monoisotopic (exact) mass is 409 g/mol. The number of carboxylic acids is 1. The molecule has 2 aliphatic rings. The standard InChI is InChI=1S/C15H15N5O5S2/c16-15(17)19-11(22)7-5-27-13-9(12(23)20(13)10(7)14(24)25)18-8(21)4-6-2-1-3-26-6/h1-3,9,13H,4-5H2,(H,18,21)(H,24,25)(H4,16,17,19,22)/t9?,13-/m1/s1. The van der Waals surface area contributed by atoms with E-state index in [4.69, 9.17) is 11.5 Å². The molecule has 10 nitrogen and oxygen atoms in total. The van der Waals surface area contributed by atoms with Crippen LogP contribution >= 0.6 is 23.1 Å². The van der Waals surface area contributed by atoms with Gasteiger partial charge < -0.3 is 21.9 Å². The molecule has 3 rings (SSSR count). The van der Waals surface area contributed by atoms with Crippen LogP contribution in [0.5, 0.6) is 0 Å². The van der Waals surface area contributed by atoms with Gasteiger partial charge in [-0.15, -0.1) is 23.1 Å².